The smallest absolute Gasteiger partial charge is 1.00 e. The number of rotatable bonds is 0. The van der Waals surface area contributed by atoms with Gasteiger partial charge in [0.2, 0.25) is 0 Å². The molecule has 0 unspecified atom stereocenters. The maximum absolute atomic E-state index is 8.88. The van der Waals surface area contributed by atoms with Crippen molar-refractivity contribution < 1.29 is 119 Å². The zero-order valence-corrected chi connectivity index (χ0v) is 12.2. The molecule has 0 heterocycles. The first-order chi connectivity index (χ1) is 2.00. The number of halogens is 1. The SMILES string of the molecule is O=P(O)(O)O.[Br-].[H-].[K+].[Na+]. The van der Waals surface area contributed by atoms with E-state index in [0.717, 1.165) is 0 Å². The second-order valence-corrected chi connectivity index (χ2v) is 1.54. The molecule has 8 heteroatoms. The van der Waals surface area contributed by atoms with Crippen LogP contribution in [-0.4, -0.2) is 14.7 Å². The van der Waals surface area contributed by atoms with Gasteiger partial charge in [0, 0.05) is 0 Å². The molecule has 0 atom stereocenters. The van der Waals surface area contributed by atoms with Crippen LogP contribution in [0.4, 0.5) is 0 Å². The van der Waals surface area contributed by atoms with Gasteiger partial charge in [0.15, 0.2) is 0 Å². The van der Waals surface area contributed by atoms with E-state index in [1.54, 1.807) is 0 Å². The fraction of sp³-hybridized carbons (Fsp3) is 0. The summed E-state index contributed by atoms with van der Waals surface area (Å²) >= 11 is 0. The van der Waals surface area contributed by atoms with Gasteiger partial charge < -0.3 is 33.1 Å². The molecule has 4 nitrogen and oxygen atoms in total. The summed E-state index contributed by atoms with van der Waals surface area (Å²) < 4.78 is 8.88. The van der Waals surface area contributed by atoms with Gasteiger partial charge in [0.1, 0.15) is 0 Å². The molecule has 0 aliphatic heterocycles. The van der Waals surface area contributed by atoms with E-state index in [9.17, 15) is 0 Å². The van der Waals surface area contributed by atoms with Crippen LogP contribution in [0.25, 0.3) is 0 Å². The van der Waals surface area contributed by atoms with E-state index in [-0.39, 0.29) is 99.3 Å². The minimum atomic E-state index is -4.64. The molecule has 3 N–H and O–H groups in total. The first-order valence-electron chi connectivity index (χ1n) is 0.783. The third-order valence-electron chi connectivity index (χ3n) is 0. The number of phosphoric acid groups is 1. The molecular weight excluding hydrogens is 237 g/mol. The van der Waals surface area contributed by atoms with Crippen LogP contribution in [0.2, 0.25) is 0 Å². The zero-order valence-electron chi connectivity index (χ0n) is 5.58. The molecule has 0 aliphatic rings. The van der Waals surface area contributed by atoms with Crippen molar-refractivity contribution in [2.75, 3.05) is 0 Å². The normalized spacial score (nSPS) is 7.38. The summed E-state index contributed by atoms with van der Waals surface area (Å²) in [5.41, 5.74) is 0. The Balaban J connectivity index is -0.0000000133. The van der Waals surface area contributed by atoms with E-state index in [1.165, 1.54) is 0 Å². The van der Waals surface area contributed by atoms with E-state index in [0.29, 0.717) is 0 Å². The summed E-state index contributed by atoms with van der Waals surface area (Å²) in [5.74, 6) is 0. The van der Waals surface area contributed by atoms with Gasteiger partial charge in [0.05, 0.1) is 0 Å². The van der Waals surface area contributed by atoms with E-state index < -0.39 is 7.82 Å². The quantitative estimate of drug-likeness (QED) is 0.291. The molecule has 0 rings (SSSR count). The second-order valence-electron chi connectivity index (χ2n) is 0.513. The minimum Gasteiger partial charge on any atom is -1.00 e. The Labute approximate surface area is 124 Å². The molecule has 0 radical (unpaired) electrons. The van der Waals surface area contributed by atoms with Gasteiger partial charge in [-0.3, -0.25) is 0 Å². The van der Waals surface area contributed by atoms with Crippen LogP contribution in [-0.2, 0) is 4.57 Å². The Morgan fingerprint density at radius 2 is 1.25 bits per heavy atom. The van der Waals surface area contributed by atoms with E-state index >= 15 is 0 Å². The molecule has 0 saturated carbocycles. The molecule has 42 valence electrons. The molecule has 0 bridgehead atoms. The maximum Gasteiger partial charge on any atom is 1.00 e. The zero-order chi connectivity index (χ0) is 4.50. The van der Waals surface area contributed by atoms with E-state index in [4.69, 9.17) is 19.2 Å². The Bertz CT molecular complexity index is 66.7. The first-order valence-corrected chi connectivity index (χ1v) is 2.35. The first kappa shape index (κ1) is 22.5. The van der Waals surface area contributed by atoms with E-state index in [1.807, 2.05) is 0 Å². The molecule has 0 aliphatic carbocycles. The summed E-state index contributed by atoms with van der Waals surface area (Å²) in [6.45, 7) is 0. The van der Waals surface area contributed by atoms with Crippen LogP contribution in [0.1, 0.15) is 1.43 Å². The van der Waals surface area contributed by atoms with Crippen molar-refractivity contribution in [3.8, 4) is 0 Å². The minimum absolute atomic E-state index is 0. The van der Waals surface area contributed by atoms with Crippen molar-refractivity contribution in [1.82, 2.24) is 0 Å². The Morgan fingerprint density at radius 1 is 1.25 bits per heavy atom. The molecule has 0 aromatic carbocycles. The van der Waals surface area contributed by atoms with Crippen LogP contribution < -0.4 is 97.9 Å². The largest absolute Gasteiger partial charge is 1.00 e. The Kier molecular flexibility index (Phi) is 28.7. The fourth-order valence-corrected chi connectivity index (χ4v) is 0. The predicted octanol–water partition coefficient (Wildman–Crippen LogP) is -9.80. The van der Waals surface area contributed by atoms with Crippen LogP contribution in [0, 0.1) is 0 Å². The summed E-state index contributed by atoms with van der Waals surface area (Å²) in [6, 6.07) is 0. The molecule has 0 saturated heterocycles. The van der Waals surface area contributed by atoms with Gasteiger partial charge in [-0.05, 0) is 0 Å². The third-order valence-corrected chi connectivity index (χ3v) is 0. The van der Waals surface area contributed by atoms with Crippen LogP contribution in [0.5, 0.6) is 0 Å². The van der Waals surface area contributed by atoms with Gasteiger partial charge in [-0.1, -0.05) is 0 Å². The Hall–Kier alpha value is 3.23. The van der Waals surface area contributed by atoms with Crippen molar-refractivity contribution >= 4 is 7.82 Å². The van der Waals surface area contributed by atoms with Gasteiger partial charge in [-0.15, -0.1) is 0 Å². The number of hydrogen-bond donors (Lipinski definition) is 3. The van der Waals surface area contributed by atoms with Crippen LogP contribution in [0.15, 0.2) is 0 Å². The van der Waals surface area contributed by atoms with Crippen LogP contribution in [0.3, 0.4) is 0 Å². The summed E-state index contributed by atoms with van der Waals surface area (Å²) in [6.07, 6.45) is 0. The van der Waals surface area contributed by atoms with Crippen molar-refractivity contribution in [2.45, 2.75) is 0 Å². The average molecular weight is 241 g/mol. The summed E-state index contributed by atoms with van der Waals surface area (Å²) in [4.78, 5) is 21.6. The Morgan fingerprint density at radius 3 is 1.25 bits per heavy atom. The van der Waals surface area contributed by atoms with Crippen molar-refractivity contribution in [1.29, 1.82) is 0 Å². The number of hydrogen-bond acceptors (Lipinski definition) is 1. The molecular formula is H4BrKNaO4P. The standard InChI is InChI=1S/BrH.K.Na.H3O4P.H/c;;;1-5(2,3)4;/h1H;;;(H3,1,2,3,4);/q;2*+1;;-1/p-1. The van der Waals surface area contributed by atoms with Crippen molar-refractivity contribution in [3.63, 3.8) is 0 Å². The van der Waals surface area contributed by atoms with E-state index in [2.05, 4.69) is 0 Å². The topological polar surface area (TPSA) is 77.8 Å². The van der Waals surface area contributed by atoms with Gasteiger partial charge in [0.25, 0.3) is 0 Å². The predicted molar refractivity (Wildman–Crippen MR) is 15.4 cm³/mol. The molecule has 0 spiro atoms. The molecule has 0 amide bonds. The fourth-order valence-electron chi connectivity index (χ4n) is 0. The van der Waals surface area contributed by atoms with Crippen LogP contribution >= 0.6 is 7.82 Å². The third kappa shape index (κ3) is 60.0. The van der Waals surface area contributed by atoms with Gasteiger partial charge in [-0.25, -0.2) is 4.57 Å². The molecule has 8 heavy (non-hydrogen) atoms. The summed E-state index contributed by atoms with van der Waals surface area (Å²) in [7, 11) is -4.64. The van der Waals surface area contributed by atoms with Crippen molar-refractivity contribution in [2.24, 2.45) is 0 Å². The van der Waals surface area contributed by atoms with Gasteiger partial charge >= 0.3 is 88.8 Å². The van der Waals surface area contributed by atoms with Gasteiger partial charge in [-0.2, -0.15) is 0 Å². The molecule has 0 aromatic rings. The summed E-state index contributed by atoms with van der Waals surface area (Å²) in [5, 5.41) is 0. The average Bonchev–Trinajstić information content (AvgIpc) is 0.722. The second kappa shape index (κ2) is 10.2. The molecule has 0 fully saturated rings. The monoisotopic (exact) mass is 240 g/mol. The van der Waals surface area contributed by atoms with Crippen molar-refractivity contribution in [3.05, 3.63) is 0 Å². The maximum atomic E-state index is 8.88. The molecule has 0 aromatic heterocycles.